The molecule has 6 heteroatoms. The standard InChI is InChI=1S/C21H27FN2O2S/c22-16-8-6-15(7-9-16)18-14-19(25)24(18)21(10-12-27-13-11-21)20(26)23-17-4-2-1-3-5-17/h6-9,17-18H,1-5,10-14H2,(H,23,26). The van der Waals surface area contributed by atoms with Crippen molar-refractivity contribution in [2.75, 3.05) is 11.5 Å². The Bertz CT molecular complexity index is 697. The predicted molar refractivity (Wildman–Crippen MR) is 105 cm³/mol. The molecule has 0 bridgehead atoms. The van der Waals surface area contributed by atoms with Crippen molar-refractivity contribution in [1.82, 2.24) is 10.2 Å². The average Bonchev–Trinajstić information content (AvgIpc) is 2.68. The van der Waals surface area contributed by atoms with Crippen LogP contribution in [0.5, 0.6) is 0 Å². The van der Waals surface area contributed by atoms with Gasteiger partial charge < -0.3 is 10.2 Å². The molecule has 146 valence electrons. The summed E-state index contributed by atoms with van der Waals surface area (Å²) in [5.41, 5.74) is 0.163. The van der Waals surface area contributed by atoms with Gasteiger partial charge in [-0.05, 0) is 54.9 Å². The Balaban J connectivity index is 1.58. The number of amides is 2. The molecule has 0 aromatic heterocycles. The van der Waals surface area contributed by atoms with Crippen LogP contribution in [0.1, 0.15) is 63.0 Å². The molecule has 2 aliphatic heterocycles. The van der Waals surface area contributed by atoms with Crippen molar-refractivity contribution in [3.63, 3.8) is 0 Å². The second-order valence-electron chi connectivity index (χ2n) is 7.99. The van der Waals surface area contributed by atoms with Crippen LogP contribution in [-0.4, -0.2) is 39.8 Å². The molecule has 2 heterocycles. The number of thioether (sulfide) groups is 1. The maximum atomic E-state index is 13.4. The molecule has 3 fully saturated rings. The number of likely N-dealkylation sites (tertiary alicyclic amines) is 1. The van der Waals surface area contributed by atoms with Crippen LogP contribution >= 0.6 is 11.8 Å². The molecule has 2 amide bonds. The van der Waals surface area contributed by atoms with Crippen molar-refractivity contribution >= 4 is 23.6 Å². The maximum absolute atomic E-state index is 13.4. The summed E-state index contributed by atoms with van der Waals surface area (Å²) in [5.74, 6) is 1.55. The van der Waals surface area contributed by atoms with Gasteiger partial charge in [-0.3, -0.25) is 9.59 Å². The third-order valence-corrected chi connectivity index (χ3v) is 7.33. The molecular formula is C21H27FN2O2S. The highest BCUT2D eigenvalue weighted by Crippen LogP contribution is 2.46. The van der Waals surface area contributed by atoms with Gasteiger partial charge in [-0.25, -0.2) is 4.39 Å². The summed E-state index contributed by atoms with van der Waals surface area (Å²) < 4.78 is 13.3. The lowest BCUT2D eigenvalue weighted by Crippen LogP contribution is -2.68. The Morgan fingerprint density at radius 2 is 1.78 bits per heavy atom. The molecule has 1 N–H and O–H groups in total. The summed E-state index contributed by atoms with van der Waals surface area (Å²) in [6, 6.07) is 6.45. The number of hydrogen-bond acceptors (Lipinski definition) is 3. The molecule has 4 nitrogen and oxygen atoms in total. The van der Waals surface area contributed by atoms with Crippen LogP contribution in [-0.2, 0) is 9.59 Å². The lowest BCUT2D eigenvalue weighted by molar-refractivity contribution is -0.166. The van der Waals surface area contributed by atoms with Crippen molar-refractivity contribution in [3.8, 4) is 0 Å². The lowest BCUT2D eigenvalue weighted by Gasteiger charge is -2.54. The summed E-state index contributed by atoms with van der Waals surface area (Å²) in [6.45, 7) is 0. The zero-order valence-corrected chi connectivity index (χ0v) is 16.4. The SMILES string of the molecule is O=C1CC(c2ccc(F)cc2)N1C1(C(=O)NC2CCCCC2)CCSCC1. The minimum Gasteiger partial charge on any atom is -0.351 e. The highest BCUT2D eigenvalue weighted by atomic mass is 32.2. The van der Waals surface area contributed by atoms with Crippen LogP contribution in [0, 0.1) is 5.82 Å². The van der Waals surface area contributed by atoms with Crippen molar-refractivity contribution in [2.45, 2.75) is 69.0 Å². The Hall–Kier alpha value is -1.56. The lowest BCUT2D eigenvalue weighted by atomic mass is 9.80. The molecule has 1 aromatic carbocycles. The van der Waals surface area contributed by atoms with Gasteiger partial charge in [-0.15, -0.1) is 0 Å². The number of carbonyl (C=O) groups is 2. The van der Waals surface area contributed by atoms with Gasteiger partial charge in [-0.2, -0.15) is 11.8 Å². The second-order valence-corrected chi connectivity index (χ2v) is 9.21. The number of hydrogen-bond donors (Lipinski definition) is 1. The fourth-order valence-corrected chi connectivity index (χ4v) is 5.93. The second kappa shape index (κ2) is 7.82. The molecule has 27 heavy (non-hydrogen) atoms. The van der Waals surface area contributed by atoms with Crippen molar-refractivity contribution in [1.29, 1.82) is 0 Å². The summed E-state index contributed by atoms with van der Waals surface area (Å²) >= 11 is 1.85. The van der Waals surface area contributed by atoms with E-state index in [1.54, 1.807) is 12.1 Å². The molecule has 1 unspecified atom stereocenters. The molecule has 2 saturated heterocycles. The quantitative estimate of drug-likeness (QED) is 0.796. The van der Waals surface area contributed by atoms with Gasteiger partial charge in [0.1, 0.15) is 11.4 Å². The third-order valence-electron chi connectivity index (χ3n) is 6.35. The molecule has 0 radical (unpaired) electrons. The highest BCUT2D eigenvalue weighted by molar-refractivity contribution is 7.99. The van der Waals surface area contributed by atoms with Gasteiger partial charge in [0.2, 0.25) is 11.8 Å². The fourth-order valence-electron chi connectivity index (χ4n) is 4.76. The number of nitrogens with zero attached hydrogens (tertiary/aromatic N) is 1. The smallest absolute Gasteiger partial charge is 0.246 e. The number of rotatable bonds is 4. The zero-order chi connectivity index (χ0) is 18.9. The highest BCUT2D eigenvalue weighted by Gasteiger charge is 2.55. The van der Waals surface area contributed by atoms with Gasteiger partial charge >= 0.3 is 0 Å². The van der Waals surface area contributed by atoms with Crippen LogP contribution in [0.15, 0.2) is 24.3 Å². The molecule has 1 atom stereocenters. The van der Waals surface area contributed by atoms with Gasteiger partial charge in [-0.1, -0.05) is 31.4 Å². The number of carbonyl (C=O) groups excluding carboxylic acids is 2. The van der Waals surface area contributed by atoms with E-state index in [-0.39, 0.29) is 29.7 Å². The van der Waals surface area contributed by atoms with Gasteiger partial charge in [0.15, 0.2) is 0 Å². The number of nitrogens with one attached hydrogen (secondary N) is 1. The van der Waals surface area contributed by atoms with E-state index in [0.29, 0.717) is 19.3 Å². The summed E-state index contributed by atoms with van der Waals surface area (Å²) in [5, 5.41) is 3.28. The van der Waals surface area contributed by atoms with E-state index in [1.165, 1.54) is 18.6 Å². The largest absolute Gasteiger partial charge is 0.351 e. The Labute approximate surface area is 164 Å². The fraction of sp³-hybridized carbons (Fsp3) is 0.619. The summed E-state index contributed by atoms with van der Waals surface area (Å²) in [6.07, 6.45) is 7.42. The first-order valence-electron chi connectivity index (χ1n) is 10.1. The number of halogens is 1. The third kappa shape index (κ3) is 3.60. The van der Waals surface area contributed by atoms with Crippen LogP contribution < -0.4 is 5.32 Å². The van der Waals surface area contributed by atoms with Crippen LogP contribution in [0.2, 0.25) is 0 Å². The molecular weight excluding hydrogens is 363 g/mol. The van der Waals surface area contributed by atoms with E-state index in [9.17, 15) is 14.0 Å². The molecule has 4 rings (SSSR count). The van der Waals surface area contributed by atoms with E-state index in [4.69, 9.17) is 0 Å². The molecule has 1 aliphatic carbocycles. The minimum atomic E-state index is -0.753. The predicted octanol–water partition coefficient (Wildman–Crippen LogP) is 3.81. The van der Waals surface area contributed by atoms with Crippen molar-refractivity contribution in [2.24, 2.45) is 0 Å². The average molecular weight is 391 g/mol. The first-order chi connectivity index (χ1) is 13.1. The maximum Gasteiger partial charge on any atom is 0.246 e. The zero-order valence-electron chi connectivity index (χ0n) is 15.6. The molecule has 0 spiro atoms. The normalized spacial score (nSPS) is 25.7. The number of benzene rings is 1. The molecule has 1 saturated carbocycles. The van der Waals surface area contributed by atoms with Gasteiger partial charge in [0, 0.05) is 6.04 Å². The first-order valence-corrected chi connectivity index (χ1v) is 11.2. The Morgan fingerprint density at radius 1 is 1.11 bits per heavy atom. The van der Waals surface area contributed by atoms with Crippen molar-refractivity contribution < 1.29 is 14.0 Å². The van der Waals surface area contributed by atoms with E-state index in [2.05, 4.69) is 5.32 Å². The number of β-lactam (4-membered cyclic amide) rings is 1. The summed E-state index contributed by atoms with van der Waals surface area (Å²) in [4.78, 5) is 27.9. The van der Waals surface area contributed by atoms with E-state index in [0.717, 1.165) is 42.8 Å². The molecule has 3 aliphatic rings. The van der Waals surface area contributed by atoms with Crippen LogP contribution in [0.4, 0.5) is 4.39 Å². The molecule has 1 aromatic rings. The van der Waals surface area contributed by atoms with Gasteiger partial charge in [0.25, 0.3) is 0 Å². The Kier molecular flexibility index (Phi) is 5.44. The van der Waals surface area contributed by atoms with E-state index in [1.807, 2.05) is 16.7 Å². The van der Waals surface area contributed by atoms with E-state index < -0.39 is 5.54 Å². The van der Waals surface area contributed by atoms with Gasteiger partial charge in [0.05, 0.1) is 12.5 Å². The minimum absolute atomic E-state index is 0.0230. The van der Waals surface area contributed by atoms with Crippen LogP contribution in [0.3, 0.4) is 0 Å². The monoisotopic (exact) mass is 390 g/mol. The first kappa shape index (κ1) is 18.8. The summed E-state index contributed by atoms with van der Waals surface area (Å²) in [7, 11) is 0. The Morgan fingerprint density at radius 3 is 2.41 bits per heavy atom. The van der Waals surface area contributed by atoms with E-state index >= 15 is 0 Å². The van der Waals surface area contributed by atoms with Crippen molar-refractivity contribution in [3.05, 3.63) is 35.6 Å². The topological polar surface area (TPSA) is 49.4 Å². The van der Waals surface area contributed by atoms with Crippen LogP contribution in [0.25, 0.3) is 0 Å².